The number of amides is 1. The lowest BCUT2D eigenvalue weighted by Gasteiger charge is -2.30. The molecule has 2 aromatic rings. The zero-order chi connectivity index (χ0) is 19.8. The molecule has 2 rings (SSSR count). The summed E-state index contributed by atoms with van der Waals surface area (Å²) in [7, 11) is 1.66. The van der Waals surface area contributed by atoms with Gasteiger partial charge >= 0.3 is 0 Å². The molecule has 1 aromatic carbocycles. The van der Waals surface area contributed by atoms with Gasteiger partial charge in [-0.2, -0.15) is 0 Å². The average molecular weight is 370 g/mol. The van der Waals surface area contributed by atoms with Crippen LogP contribution in [0.2, 0.25) is 0 Å². The van der Waals surface area contributed by atoms with Crippen LogP contribution < -0.4 is 10.1 Å². The number of ether oxygens (including phenoxy) is 1. The van der Waals surface area contributed by atoms with Gasteiger partial charge in [-0.15, -0.1) is 0 Å². The first-order chi connectivity index (χ1) is 13.0. The van der Waals surface area contributed by atoms with E-state index < -0.39 is 0 Å². The third kappa shape index (κ3) is 5.26. The zero-order valence-electron chi connectivity index (χ0n) is 17.0. The second-order valence-electron chi connectivity index (χ2n) is 6.35. The lowest BCUT2D eigenvalue weighted by atomic mass is 10.0. The second-order valence-corrected chi connectivity index (χ2v) is 6.35. The summed E-state index contributed by atoms with van der Waals surface area (Å²) >= 11 is 0. The molecule has 0 aliphatic rings. The van der Waals surface area contributed by atoms with Gasteiger partial charge in [-0.1, -0.05) is 32.9 Å². The maximum absolute atomic E-state index is 12.8. The molecule has 0 radical (unpaired) electrons. The van der Waals surface area contributed by atoms with Gasteiger partial charge in [-0.05, 0) is 44.1 Å². The molecule has 146 valence electrons. The van der Waals surface area contributed by atoms with Crippen LogP contribution in [0.3, 0.4) is 0 Å². The van der Waals surface area contributed by atoms with Crippen molar-refractivity contribution in [2.75, 3.05) is 26.7 Å². The molecule has 6 nitrogen and oxygen atoms in total. The first-order valence-electron chi connectivity index (χ1n) is 9.52. The van der Waals surface area contributed by atoms with Crippen molar-refractivity contribution in [1.82, 2.24) is 20.2 Å². The van der Waals surface area contributed by atoms with Gasteiger partial charge in [0.05, 0.1) is 24.4 Å². The van der Waals surface area contributed by atoms with E-state index >= 15 is 0 Å². The normalized spacial score (nSPS) is 12.1. The smallest absolute Gasteiger partial charge is 0.254 e. The Morgan fingerprint density at radius 1 is 1.26 bits per heavy atom. The number of benzene rings is 1. The van der Waals surface area contributed by atoms with E-state index in [0.717, 1.165) is 30.1 Å². The van der Waals surface area contributed by atoms with E-state index in [0.29, 0.717) is 24.4 Å². The maximum Gasteiger partial charge on any atom is 0.254 e. The van der Waals surface area contributed by atoms with Crippen molar-refractivity contribution in [2.45, 2.75) is 40.2 Å². The highest BCUT2D eigenvalue weighted by molar-refractivity contribution is 5.95. The molecule has 0 aliphatic heterocycles. The molecule has 0 fully saturated rings. The summed E-state index contributed by atoms with van der Waals surface area (Å²) in [5.74, 6) is 1.36. The number of nitrogens with one attached hydrogen (secondary N) is 1. The number of aryl methyl sites for hydroxylation is 2. The minimum absolute atomic E-state index is 0.0653. The van der Waals surface area contributed by atoms with E-state index in [4.69, 9.17) is 4.74 Å². The van der Waals surface area contributed by atoms with Crippen molar-refractivity contribution in [3.05, 3.63) is 53.1 Å². The number of nitrogens with zero attached hydrogens (tertiary/aromatic N) is 3. The highest BCUT2D eigenvalue weighted by Gasteiger charge is 2.21. The molecule has 1 amide bonds. The highest BCUT2D eigenvalue weighted by atomic mass is 16.5. The monoisotopic (exact) mass is 370 g/mol. The predicted octanol–water partition coefficient (Wildman–Crippen LogP) is 3.17. The minimum Gasteiger partial charge on any atom is -0.497 e. The third-order valence-corrected chi connectivity index (χ3v) is 4.76. The molecule has 1 aromatic heterocycles. The first-order valence-corrected chi connectivity index (χ1v) is 9.52. The van der Waals surface area contributed by atoms with Crippen LogP contribution in [-0.4, -0.2) is 47.5 Å². The number of carbonyl (C=O) groups excluding carboxylic acids is 1. The molecule has 0 spiro atoms. The average Bonchev–Trinajstić information content (AvgIpc) is 2.70. The van der Waals surface area contributed by atoms with E-state index in [2.05, 4.69) is 40.1 Å². The van der Waals surface area contributed by atoms with E-state index in [1.165, 1.54) is 0 Å². The summed E-state index contributed by atoms with van der Waals surface area (Å²) in [6.07, 6.45) is 2.32. The summed E-state index contributed by atoms with van der Waals surface area (Å²) in [6.45, 7) is 10.4. The lowest BCUT2D eigenvalue weighted by molar-refractivity contribution is 0.0933. The number of hydrogen-bond donors (Lipinski definition) is 1. The van der Waals surface area contributed by atoms with Crippen LogP contribution in [0.25, 0.3) is 0 Å². The Kier molecular flexibility index (Phi) is 7.73. The molecule has 0 saturated carbocycles. The molecule has 0 aliphatic carbocycles. The summed E-state index contributed by atoms with van der Waals surface area (Å²) in [6, 6.07) is 8.08. The fourth-order valence-corrected chi connectivity index (χ4v) is 3.23. The van der Waals surface area contributed by atoms with Crippen molar-refractivity contribution >= 4 is 5.91 Å². The Bertz CT molecular complexity index is 760. The van der Waals surface area contributed by atoms with Crippen LogP contribution in [0, 0.1) is 6.92 Å². The standard InChI is InChI=1S/C21H30N4O2/c1-6-19-18(13-22-15(4)24-19)21(26)23-14-20(25(7-2)8-3)16-10-9-11-17(12-16)27-5/h9-13,20H,6-8,14H2,1-5H3,(H,23,26). The van der Waals surface area contributed by atoms with Crippen LogP contribution in [0.5, 0.6) is 5.75 Å². The Labute approximate surface area is 162 Å². The maximum atomic E-state index is 12.8. The van der Waals surface area contributed by atoms with E-state index in [1.54, 1.807) is 13.3 Å². The van der Waals surface area contributed by atoms with Gasteiger partial charge in [0.15, 0.2) is 0 Å². The zero-order valence-corrected chi connectivity index (χ0v) is 17.0. The Hall–Kier alpha value is -2.47. The molecular weight excluding hydrogens is 340 g/mol. The molecule has 1 atom stereocenters. The van der Waals surface area contributed by atoms with Gasteiger partial charge in [0, 0.05) is 12.7 Å². The highest BCUT2D eigenvalue weighted by Crippen LogP contribution is 2.24. The predicted molar refractivity (Wildman–Crippen MR) is 107 cm³/mol. The first kappa shape index (κ1) is 20.8. The summed E-state index contributed by atoms with van der Waals surface area (Å²) in [5, 5.41) is 3.08. The quantitative estimate of drug-likeness (QED) is 0.734. The van der Waals surface area contributed by atoms with Crippen molar-refractivity contribution in [3.63, 3.8) is 0 Å². The Balaban J connectivity index is 2.22. The number of likely N-dealkylation sites (N-methyl/N-ethyl adjacent to an activating group) is 1. The number of methoxy groups -OCH3 is 1. The lowest BCUT2D eigenvalue weighted by Crippen LogP contribution is -2.38. The number of carbonyl (C=O) groups is 1. The van der Waals surface area contributed by atoms with Crippen LogP contribution in [-0.2, 0) is 6.42 Å². The van der Waals surface area contributed by atoms with Gasteiger partial charge in [-0.3, -0.25) is 9.69 Å². The van der Waals surface area contributed by atoms with E-state index in [9.17, 15) is 4.79 Å². The summed E-state index contributed by atoms with van der Waals surface area (Å²) in [5.41, 5.74) is 2.45. The van der Waals surface area contributed by atoms with E-state index in [1.807, 2.05) is 32.0 Å². The molecule has 1 unspecified atom stereocenters. The van der Waals surface area contributed by atoms with Crippen molar-refractivity contribution in [3.8, 4) is 5.75 Å². The fourth-order valence-electron chi connectivity index (χ4n) is 3.23. The van der Waals surface area contributed by atoms with Crippen molar-refractivity contribution in [2.24, 2.45) is 0 Å². The van der Waals surface area contributed by atoms with Crippen molar-refractivity contribution in [1.29, 1.82) is 0 Å². The SMILES string of the molecule is CCc1nc(C)ncc1C(=O)NCC(c1cccc(OC)c1)N(CC)CC. The van der Waals surface area contributed by atoms with Crippen LogP contribution >= 0.6 is 0 Å². The minimum atomic E-state index is -0.132. The summed E-state index contributed by atoms with van der Waals surface area (Å²) < 4.78 is 5.37. The molecule has 1 N–H and O–H groups in total. The molecule has 1 heterocycles. The van der Waals surface area contributed by atoms with Gasteiger partial charge < -0.3 is 10.1 Å². The van der Waals surface area contributed by atoms with Crippen LogP contribution in [0.4, 0.5) is 0 Å². The number of rotatable bonds is 9. The van der Waals surface area contributed by atoms with Crippen LogP contribution in [0.15, 0.2) is 30.5 Å². The Morgan fingerprint density at radius 2 is 2.00 bits per heavy atom. The molecule has 27 heavy (non-hydrogen) atoms. The van der Waals surface area contributed by atoms with Gasteiger partial charge in [-0.25, -0.2) is 9.97 Å². The van der Waals surface area contributed by atoms with Gasteiger partial charge in [0.2, 0.25) is 0 Å². The molecule has 0 saturated heterocycles. The second kappa shape index (κ2) is 10.0. The van der Waals surface area contributed by atoms with Crippen LogP contribution in [0.1, 0.15) is 54.3 Å². The summed E-state index contributed by atoms with van der Waals surface area (Å²) in [4.78, 5) is 23.7. The number of aromatic nitrogens is 2. The van der Waals surface area contributed by atoms with E-state index in [-0.39, 0.29) is 11.9 Å². The third-order valence-electron chi connectivity index (χ3n) is 4.76. The number of hydrogen-bond acceptors (Lipinski definition) is 5. The molecule has 6 heteroatoms. The largest absolute Gasteiger partial charge is 0.497 e. The van der Waals surface area contributed by atoms with Gasteiger partial charge in [0.1, 0.15) is 11.6 Å². The fraction of sp³-hybridized carbons (Fsp3) is 0.476. The molecule has 0 bridgehead atoms. The molecular formula is C21H30N4O2. The van der Waals surface area contributed by atoms with Gasteiger partial charge in [0.25, 0.3) is 5.91 Å². The topological polar surface area (TPSA) is 67.3 Å². The van der Waals surface area contributed by atoms with Crippen molar-refractivity contribution < 1.29 is 9.53 Å². The Morgan fingerprint density at radius 3 is 2.63 bits per heavy atom.